The number of benzene rings is 3. The molecule has 0 aliphatic carbocycles. The number of anilines is 1. The number of rotatable bonds is 5. The van der Waals surface area contributed by atoms with Crippen molar-refractivity contribution in [2.75, 3.05) is 11.9 Å². The Labute approximate surface area is 206 Å². The minimum atomic E-state index is -2.93. The Balaban J connectivity index is 1.38. The first-order valence-corrected chi connectivity index (χ1v) is 11.4. The average Bonchev–Trinajstić information content (AvgIpc) is 3.39. The van der Waals surface area contributed by atoms with Crippen LogP contribution in [0.1, 0.15) is 30.5 Å². The molecule has 0 fully saturated rings. The summed E-state index contributed by atoms with van der Waals surface area (Å²) in [6.45, 7) is 1.29. The number of nitrogens with one attached hydrogen (secondary N) is 2. The van der Waals surface area contributed by atoms with Crippen molar-refractivity contribution >= 4 is 23.0 Å². The molecule has 2 aliphatic rings. The van der Waals surface area contributed by atoms with Gasteiger partial charge in [-0.15, -0.1) is 0 Å². The minimum absolute atomic E-state index is 0.0223. The number of fused-ring (bicyclic) bond motifs is 1. The van der Waals surface area contributed by atoms with Gasteiger partial charge in [-0.3, -0.25) is 5.43 Å². The molecule has 186 valence electrons. The fraction of sp³-hybridized carbons (Fsp3) is 0.222. The second kappa shape index (κ2) is 9.14. The SMILES string of the molecule is CC1(C)Cc2cc(NC(=O)N3CC(c4ccc(F)cc4)=C(c4ccc(OC(F)F)cc4)N3)ccc2O1. The maximum atomic E-state index is 13.5. The molecular weight excluding hydrogens is 471 g/mol. The fourth-order valence-electron chi connectivity index (χ4n) is 4.41. The van der Waals surface area contributed by atoms with Gasteiger partial charge in [0.25, 0.3) is 0 Å². The largest absolute Gasteiger partial charge is 0.487 e. The second-order valence-electron chi connectivity index (χ2n) is 9.25. The molecule has 0 radical (unpaired) electrons. The lowest BCUT2D eigenvalue weighted by Gasteiger charge is -2.19. The van der Waals surface area contributed by atoms with Crippen LogP contribution in [-0.2, 0) is 6.42 Å². The van der Waals surface area contributed by atoms with Gasteiger partial charge in [0.1, 0.15) is 22.9 Å². The van der Waals surface area contributed by atoms with E-state index in [4.69, 9.17) is 4.74 Å². The molecule has 6 nitrogen and oxygen atoms in total. The number of carbonyl (C=O) groups is 1. The van der Waals surface area contributed by atoms with E-state index in [9.17, 15) is 18.0 Å². The van der Waals surface area contributed by atoms with Crippen LogP contribution in [0, 0.1) is 5.82 Å². The van der Waals surface area contributed by atoms with Crippen LogP contribution in [0.25, 0.3) is 11.3 Å². The summed E-state index contributed by atoms with van der Waals surface area (Å²) in [7, 11) is 0. The summed E-state index contributed by atoms with van der Waals surface area (Å²) >= 11 is 0. The summed E-state index contributed by atoms with van der Waals surface area (Å²) in [6, 6.07) is 17.2. The lowest BCUT2D eigenvalue weighted by atomic mass is 10.0. The molecule has 2 aliphatic heterocycles. The number of urea groups is 1. The van der Waals surface area contributed by atoms with E-state index < -0.39 is 6.61 Å². The number of hydrogen-bond donors (Lipinski definition) is 2. The highest BCUT2D eigenvalue weighted by molar-refractivity contribution is 5.98. The van der Waals surface area contributed by atoms with Crippen LogP contribution in [0.15, 0.2) is 66.7 Å². The number of nitrogens with zero attached hydrogens (tertiary/aromatic N) is 1. The molecule has 2 N–H and O–H groups in total. The van der Waals surface area contributed by atoms with Gasteiger partial charge >= 0.3 is 12.6 Å². The summed E-state index contributed by atoms with van der Waals surface area (Å²) in [6.07, 6.45) is 0.736. The molecule has 9 heteroatoms. The summed E-state index contributed by atoms with van der Waals surface area (Å²) in [4.78, 5) is 13.2. The van der Waals surface area contributed by atoms with Crippen LogP contribution in [-0.4, -0.2) is 29.8 Å². The lowest BCUT2D eigenvalue weighted by Crippen LogP contribution is -2.40. The van der Waals surface area contributed by atoms with Gasteiger partial charge in [-0.2, -0.15) is 8.78 Å². The number of alkyl halides is 2. The van der Waals surface area contributed by atoms with E-state index in [0.717, 1.165) is 28.9 Å². The van der Waals surface area contributed by atoms with Crippen LogP contribution < -0.4 is 20.2 Å². The number of hydrogen-bond acceptors (Lipinski definition) is 4. The maximum absolute atomic E-state index is 13.5. The molecule has 0 saturated carbocycles. The Hall–Kier alpha value is -4.14. The van der Waals surface area contributed by atoms with Gasteiger partial charge in [-0.1, -0.05) is 12.1 Å². The normalized spacial score (nSPS) is 16.0. The molecule has 3 aromatic carbocycles. The molecule has 0 unspecified atom stereocenters. The molecule has 36 heavy (non-hydrogen) atoms. The maximum Gasteiger partial charge on any atom is 0.387 e. The molecule has 3 aromatic rings. The highest BCUT2D eigenvalue weighted by Crippen LogP contribution is 2.37. The molecule has 0 saturated heterocycles. The molecule has 0 aromatic heterocycles. The molecule has 2 heterocycles. The van der Waals surface area contributed by atoms with Gasteiger partial charge in [0.05, 0.1) is 12.2 Å². The van der Waals surface area contributed by atoms with E-state index in [1.807, 2.05) is 26.0 Å². The highest BCUT2D eigenvalue weighted by Gasteiger charge is 2.31. The number of carbonyl (C=O) groups excluding carboxylic acids is 1. The molecule has 0 spiro atoms. The third-order valence-corrected chi connectivity index (χ3v) is 5.98. The first-order valence-electron chi connectivity index (χ1n) is 11.4. The van der Waals surface area contributed by atoms with Gasteiger partial charge in [0.15, 0.2) is 0 Å². The Morgan fingerprint density at radius 1 is 1.06 bits per heavy atom. The molecule has 2 amide bonds. The number of amides is 2. The number of halogens is 3. The van der Waals surface area contributed by atoms with Crippen molar-refractivity contribution < 1.29 is 27.4 Å². The zero-order valence-corrected chi connectivity index (χ0v) is 19.6. The van der Waals surface area contributed by atoms with Gasteiger partial charge in [-0.05, 0) is 74.0 Å². The zero-order valence-electron chi connectivity index (χ0n) is 19.6. The van der Waals surface area contributed by atoms with Crippen LogP contribution in [0.2, 0.25) is 0 Å². The molecular formula is C27H24F3N3O3. The van der Waals surface area contributed by atoms with Crippen molar-refractivity contribution in [3.63, 3.8) is 0 Å². The molecule has 5 rings (SSSR count). The minimum Gasteiger partial charge on any atom is -0.487 e. The van der Waals surface area contributed by atoms with E-state index in [2.05, 4.69) is 15.5 Å². The molecule has 0 atom stereocenters. The lowest BCUT2D eigenvalue weighted by molar-refractivity contribution is -0.0498. The predicted molar refractivity (Wildman–Crippen MR) is 130 cm³/mol. The smallest absolute Gasteiger partial charge is 0.387 e. The second-order valence-corrected chi connectivity index (χ2v) is 9.25. The van der Waals surface area contributed by atoms with Crippen molar-refractivity contribution in [3.05, 3.63) is 89.2 Å². The predicted octanol–water partition coefficient (Wildman–Crippen LogP) is 6.06. The average molecular weight is 496 g/mol. The van der Waals surface area contributed by atoms with Crippen LogP contribution in [0.3, 0.4) is 0 Å². The van der Waals surface area contributed by atoms with Gasteiger partial charge in [0, 0.05) is 28.8 Å². The van der Waals surface area contributed by atoms with Gasteiger partial charge in [-0.25, -0.2) is 14.2 Å². The third-order valence-electron chi connectivity index (χ3n) is 5.98. The van der Waals surface area contributed by atoms with Crippen molar-refractivity contribution in [2.45, 2.75) is 32.5 Å². The van der Waals surface area contributed by atoms with Crippen LogP contribution in [0.5, 0.6) is 11.5 Å². The van der Waals surface area contributed by atoms with Crippen molar-refractivity contribution in [1.82, 2.24) is 10.4 Å². The molecule has 0 bridgehead atoms. The summed E-state index contributed by atoms with van der Waals surface area (Å²) < 4.78 is 48.9. The topological polar surface area (TPSA) is 62.8 Å². The quantitative estimate of drug-likeness (QED) is 0.452. The number of hydrazine groups is 1. The first kappa shape index (κ1) is 23.6. The Bertz CT molecular complexity index is 1320. The van der Waals surface area contributed by atoms with E-state index in [1.165, 1.54) is 29.3 Å². The zero-order chi connectivity index (χ0) is 25.4. The van der Waals surface area contributed by atoms with Gasteiger partial charge in [0.2, 0.25) is 0 Å². The summed E-state index contributed by atoms with van der Waals surface area (Å²) in [5, 5.41) is 4.31. The van der Waals surface area contributed by atoms with Crippen LogP contribution in [0.4, 0.5) is 23.7 Å². The Morgan fingerprint density at radius 2 is 1.75 bits per heavy atom. The van der Waals surface area contributed by atoms with E-state index >= 15 is 0 Å². The first-order chi connectivity index (χ1) is 17.2. The van der Waals surface area contributed by atoms with Crippen molar-refractivity contribution in [3.8, 4) is 11.5 Å². The third kappa shape index (κ3) is 4.95. The van der Waals surface area contributed by atoms with E-state index in [0.29, 0.717) is 16.9 Å². The fourth-order valence-corrected chi connectivity index (χ4v) is 4.41. The van der Waals surface area contributed by atoms with Crippen molar-refractivity contribution in [2.24, 2.45) is 0 Å². The number of ether oxygens (including phenoxy) is 2. The monoisotopic (exact) mass is 495 g/mol. The summed E-state index contributed by atoms with van der Waals surface area (Å²) in [5.74, 6) is 0.451. The summed E-state index contributed by atoms with van der Waals surface area (Å²) in [5.41, 5.74) is 7.19. The van der Waals surface area contributed by atoms with E-state index in [1.54, 1.807) is 30.3 Å². The Kier molecular flexibility index (Phi) is 5.99. The van der Waals surface area contributed by atoms with Gasteiger partial charge < -0.3 is 14.8 Å². The Morgan fingerprint density at radius 3 is 2.44 bits per heavy atom. The van der Waals surface area contributed by atoms with E-state index in [-0.39, 0.29) is 29.7 Å². The van der Waals surface area contributed by atoms with Crippen LogP contribution >= 0.6 is 0 Å². The highest BCUT2D eigenvalue weighted by atomic mass is 19.3. The standard InChI is InChI=1S/C27H24F3N3O3/c1-27(2)14-18-13-20(9-12-23(18)36-27)31-26(34)33-15-22(16-3-7-19(28)8-4-16)24(32-33)17-5-10-21(11-6-17)35-25(29)30/h3-13,25,32H,14-15H2,1-2H3,(H,31,34). The van der Waals surface area contributed by atoms with Crippen molar-refractivity contribution in [1.29, 1.82) is 0 Å².